The van der Waals surface area contributed by atoms with Crippen LogP contribution in [0, 0.1) is 0 Å². The Labute approximate surface area is 139 Å². The lowest BCUT2D eigenvalue weighted by Gasteiger charge is -2.06. The number of aryl methyl sites for hydroxylation is 1. The van der Waals surface area contributed by atoms with Crippen molar-refractivity contribution in [3.63, 3.8) is 0 Å². The van der Waals surface area contributed by atoms with Crippen molar-refractivity contribution in [3.8, 4) is 0 Å². The maximum absolute atomic E-state index is 12.1. The summed E-state index contributed by atoms with van der Waals surface area (Å²) in [7, 11) is 0. The molecule has 5 heteroatoms. The first-order valence-electron chi connectivity index (χ1n) is 7.84. The molecule has 0 bridgehead atoms. The summed E-state index contributed by atoms with van der Waals surface area (Å²) in [4.78, 5) is 26.2. The number of nitrogens with one attached hydrogen (secondary N) is 2. The quantitative estimate of drug-likeness (QED) is 0.652. The van der Waals surface area contributed by atoms with Gasteiger partial charge in [0.25, 0.3) is 0 Å². The van der Waals surface area contributed by atoms with Gasteiger partial charge in [0.05, 0.1) is 6.42 Å². The van der Waals surface area contributed by atoms with Crippen LogP contribution in [0.2, 0.25) is 0 Å². The van der Waals surface area contributed by atoms with Gasteiger partial charge in [-0.15, -0.1) is 0 Å². The molecule has 2 aromatic carbocycles. The normalized spacial score (nSPS) is 10.7. The van der Waals surface area contributed by atoms with Crippen molar-refractivity contribution >= 4 is 28.4 Å². The fraction of sp³-hybridized carbons (Fsp3) is 0.158. The Morgan fingerprint density at radius 2 is 1.79 bits per heavy atom. The summed E-state index contributed by atoms with van der Waals surface area (Å²) < 4.78 is 0. The predicted molar refractivity (Wildman–Crippen MR) is 94.6 cm³/mol. The number of benzene rings is 2. The van der Waals surface area contributed by atoms with Crippen molar-refractivity contribution < 1.29 is 9.59 Å². The van der Waals surface area contributed by atoms with Crippen LogP contribution in [0.1, 0.15) is 17.5 Å². The third kappa shape index (κ3) is 3.81. The fourth-order valence-electron chi connectivity index (χ4n) is 2.72. The molecule has 0 fully saturated rings. The van der Waals surface area contributed by atoms with Crippen LogP contribution in [-0.2, 0) is 22.4 Å². The van der Waals surface area contributed by atoms with Crippen molar-refractivity contribution in [2.75, 3.05) is 5.32 Å². The number of fused-ring (bicyclic) bond motifs is 1. The second-order valence-corrected chi connectivity index (χ2v) is 5.75. The summed E-state index contributed by atoms with van der Waals surface area (Å²) in [6.45, 7) is 0. The molecule has 0 saturated carbocycles. The molecule has 0 spiro atoms. The van der Waals surface area contributed by atoms with Gasteiger partial charge in [-0.2, -0.15) is 0 Å². The largest absolute Gasteiger partial charge is 0.369 e. The molecule has 0 unspecified atom stereocenters. The van der Waals surface area contributed by atoms with Gasteiger partial charge >= 0.3 is 0 Å². The summed E-state index contributed by atoms with van der Waals surface area (Å²) in [6, 6.07) is 15.2. The van der Waals surface area contributed by atoms with Gasteiger partial charge in [-0.05, 0) is 35.7 Å². The van der Waals surface area contributed by atoms with Crippen LogP contribution in [0.5, 0.6) is 0 Å². The van der Waals surface area contributed by atoms with Crippen molar-refractivity contribution in [2.45, 2.75) is 19.3 Å². The minimum Gasteiger partial charge on any atom is -0.369 e. The lowest BCUT2D eigenvalue weighted by molar-refractivity contribution is -0.117. The van der Waals surface area contributed by atoms with Crippen LogP contribution < -0.4 is 11.1 Å². The first kappa shape index (κ1) is 15.8. The number of primary amides is 1. The number of amides is 2. The van der Waals surface area contributed by atoms with Gasteiger partial charge in [-0.3, -0.25) is 9.59 Å². The maximum atomic E-state index is 12.1. The zero-order valence-corrected chi connectivity index (χ0v) is 13.2. The molecule has 122 valence electrons. The summed E-state index contributed by atoms with van der Waals surface area (Å²) in [6.07, 6.45) is 3.24. The van der Waals surface area contributed by atoms with Gasteiger partial charge in [0.15, 0.2) is 0 Å². The smallest absolute Gasteiger partial charge is 0.224 e. The molecule has 3 rings (SSSR count). The van der Waals surface area contributed by atoms with E-state index in [4.69, 9.17) is 5.73 Å². The Kier molecular flexibility index (Phi) is 4.61. The Balaban J connectivity index is 1.56. The molecule has 24 heavy (non-hydrogen) atoms. The highest BCUT2D eigenvalue weighted by Gasteiger charge is 2.07. The van der Waals surface area contributed by atoms with Gasteiger partial charge in [-0.25, -0.2) is 0 Å². The number of hydrogen-bond donors (Lipinski definition) is 3. The third-order valence-corrected chi connectivity index (χ3v) is 3.91. The SMILES string of the molecule is NC(=O)Cc1ccc(NC(=O)CCc2c[nH]c3ccccc23)cc1. The van der Waals surface area contributed by atoms with E-state index in [2.05, 4.69) is 16.4 Å². The topological polar surface area (TPSA) is 88.0 Å². The van der Waals surface area contributed by atoms with Gasteiger partial charge in [0.2, 0.25) is 11.8 Å². The van der Waals surface area contributed by atoms with E-state index in [1.165, 1.54) is 0 Å². The van der Waals surface area contributed by atoms with Gasteiger partial charge in [-0.1, -0.05) is 30.3 Å². The van der Waals surface area contributed by atoms with Gasteiger partial charge < -0.3 is 16.0 Å². The maximum Gasteiger partial charge on any atom is 0.224 e. The molecule has 5 nitrogen and oxygen atoms in total. The molecule has 0 radical (unpaired) electrons. The fourth-order valence-corrected chi connectivity index (χ4v) is 2.72. The number of aromatic amines is 1. The van der Waals surface area contributed by atoms with Crippen LogP contribution in [0.3, 0.4) is 0 Å². The minimum atomic E-state index is -0.370. The average Bonchev–Trinajstić information content (AvgIpc) is 2.98. The third-order valence-electron chi connectivity index (χ3n) is 3.91. The minimum absolute atomic E-state index is 0.0390. The molecular weight excluding hydrogens is 302 g/mol. The number of para-hydroxylation sites is 1. The first-order chi connectivity index (χ1) is 11.6. The Morgan fingerprint density at radius 1 is 1.04 bits per heavy atom. The van der Waals surface area contributed by atoms with Crippen molar-refractivity contribution in [2.24, 2.45) is 5.73 Å². The van der Waals surface area contributed by atoms with E-state index in [0.29, 0.717) is 18.5 Å². The number of rotatable bonds is 6. The van der Waals surface area contributed by atoms with E-state index in [-0.39, 0.29) is 18.2 Å². The summed E-state index contributed by atoms with van der Waals surface area (Å²) in [5.41, 5.74) is 8.92. The summed E-state index contributed by atoms with van der Waals surface area (Å²) in [5, 5.41) is 4.02. The van der Waals surface area contributed by atoms with Gasteiger partial charge in [0, 0.05) is 29.2 Å². The summed E-state index contributed by atoms with van der Waals surface area (Å²) in [5.74, 6) is -0.409. The zero-order chi connectivity index (χ0) is 16.9. The molecule has 1 heterocycles. The van der Waals surface area contributed by atoms with E-state index in [0.717, 1.165) is 22.0 Å². The molecule has 0 saturated heterocycles. The highest BCUT2D eigenvalue weighted by atomic mass is 16.1. The van der Waals surface area contributed by atoms with E-state index >= 15 is 0 Å². The van der Waals surface area contributed by atoms with E-state index in [9.17, 15) is 9.59 Å². The molecule has 0 aliphatic carbocycles. The highest BCUT2D eigenvalue weighted by Crippen LogP contribution is 2.19. The number of nitrogens with two attached hydrogens (primary N) is 1. The zero-order valence-electron chi connectivity index (χ0n) is 13.2. The van der Waals surface area contributed by atoms with Crippen molar-refractivity contribution in [3.05, 3.63) is 65.9 Å². The molecule has 0 atom stereocenters. The lowest BCUT2D eigenvalue weighted by atomic mass is 10.1. The average molecular weight is 321 g/mol. The molecule has 1 aromatic heterocycles. The standard InChI is InChI=1S/C19H19N3O2/c20-18(23)11-13-5-8-15(9-6-13)22-19(24)10-7-14-12-21-17-4-2-1-3-16(14)17/h1-6,8-9,12,21H,7,10-11H2,(H2,20,23)(H,22,24). The van der Waals surface area contributed by atoms with Crippen LogP contribution >= 0.6 is 0 Å². The van der Waals surface area contributed by atoms with Gasteiger partial charge in [0.1, 0.15) is 0 Å². The van der Waals surface area contributed by atoms with Crippen LogP contribution in [0.25, 0.3) is 10.9 Å². The van der Waals surface area contributed by atoms with Crippen LogP contribution in [0.15, 0.2) is 54.7 Å². The number of aromatic nitrogens is 1. The Morgan fingerprint density at radius 3 is 2.54 bits per heavy atom. The number of carbonyl (C=O) groups is 2. The molecule has 0 aliphatic rings. The first-order valence-corrected chi connectivity index (χ1v) is 7.84. The van der Waals surface area contributed by atoms with E-state index in [1.807, 2.05) is 24.4 Å². The molecule has 2 amide bonds. The van der Waals surface area contributed by atoms with Crippen molar-refractivity contribution in [1.82, 2.24) is 4.98 Å². The second-order valence-electron chi connectivity index (χ2n) is 5.75. The molecule has 0 aliphatic heterocycles. The molecule has 4 N–H and O–H groups in total. The number of carbonyl (C=O) groups excluding carboxylic acids is 2. The van der Waals surface area contributed by atoms with E-state index < -0.39 is 0 Å². The molecule has 3 aromatic rings. The lowest BCUT2D eigenvalue weighted by Crippen LogP contribution is -2.14. The predicted octanol–water partition coefficient (Wildman–Crippen LogP) is 2.77. The second kappa shape index (κ2) is 7.00. The summed E-state index contributed by atoms with van der Waals surface area (Å²) >= 11 is 0. The number of H-pyrrole nitrogens is 1. The Bertz CT molecular complexity index is 866. The van der Waals surface area contributed by atoms with Crippen molar-refractivity contribution in [1.29, 1.82) is 0 Å². The Hall–Kier alpha value is -3.08. The van der Waals surface area contributed by atoms with E-state index in [1.54, 1.807) is 24.3 Å². The molecular formula is C19H19N3O2. The monoisotopic (exact) mass is 321 g/mol. The van der Waals surface area contributed by atoms with Crippen LogP contribution in [0.4, 0.5) is 5.69 Å². The number of hydrogen-bond acceptors (Lipinski definition) is 2. The van der Waals surface area contributed by atoms with Crippen LogP contribution in [-0.4, -0.2) is 16.8 Å². The highest BCUT2D eigenvalue weighted by molar-refractivity contribution is 5.91. The number of anilines is 1.